The molecule has 1 rings (SSSR count). The average molecular weight is 551 g/mol. The van der Waals surface area contributed by atoms with Gasteiger partial charge in [-0.25, -0.2) is 14.4 Å². The molecular weight excluding hydrogens is 508 g/mol. The summed E-state index contributed by atoms with van der Waals surface area (Å²) >= 11 is 0. The normalized spacial score (nSPS) is 12.1. The Kier molecular flexibility index (Phi) is 14.0. The third-order valence-corrected chi connectivity index (χ3v) is 4.61. The second-order valence-electron chi connectivity index (χ2n) is 10.7. The summed E-state index contributed by atoms with van der Waals surface area (Å²) < 4.78 is 15.7. The van der Waals surface area contributed by atoms with Gasteiger partial charge in [0.25, 0.3) is 5.91 Å². The van der Waals surface area contributed by atoms with Crippen LogP contribution in [0.3, 0.4) is 0 Å². The maximum absolute atomic E-state index is 12.2. The van der Waals surface area contributed by atoms with Crippen LogP contribution in [0.1, 0.15) is 72.8 Å². The van der Waals surface area contributed by atoms with Crippen molar-refractivity contribution in [3.8, 4) is 0 Å². The minimum atomic E-state index is -1.59. The van der Waals surface area contributed by atoms with E-state index in [2.05, 4.69) is 20.9 Å². The van der Waals surface area contributed by atoms with Crippen LogP contribution in [0.15, 0.2) is 35.3 Å². The third kappa shape index (κ3) is 16.7. The molecule has 0 aliphatic heterocycles. The molecular formula is C27H42N4O8. The molecule has 12 heteroatoms. The summed E-state index contributed by atoms with van der Waals surface area (Å²) in [5.41, 5.74) is -0.686. The van der Waals surface area contributed by atoms with Crippen molar-refractivity contribution in [1.29, 1.82) is 0 Å². The highest BCUT2D eigenvalue weighted by Crippen LogP contribution is 2.08. The zero-order valence-corrected chi connectivity index (χ0v) is 23.7. The lowest BCUT2D eigenvalue weighted by molar-refractivity contribution is -0.158. The highest BCUT2D eigenvalue weighted by Gasteiger charge is 2.27. The molecule has 1 unspecified atom stereocenters. The molecule has 0 aliphatic carbocycles. The number of rotatable bonds is 12. The minimum Gasteiger partial charge on any atom is -0.479 e. The van der Waals surface area contributed by atoms with E-state index >= 15 is 0 Å². The second-order valence-corrected chi connectivity index (χ2v) is 10.7. The first-order valence-electron chi connectivity index (χ1n) is 12.9. The van der Waals surface area contributed by atoms with Gasteiger partial charge >= 0.3 is 18.2 Å². The standard InChI is InChI=1S/C27H42N4O8/c1-26(2,3)38-24(35)30-23(31-25(36)39-27(4,5)6)29-17-13-8-7-12-16-28-21(32)20(22(33)34)37-18-19-14-10-9-11-15-19/h9-11,14-15,20H,7-8,12-13,16-18H2,1-6H3,(H,28,32)(H,33,34)(H2,29,30,31,35,36). The van der Waals surface area contributed by atoms with E-state index in [9.17, 15) is 24.3 Å². The number of carbonyl (C=O) groups is 4. The van der Waals surface area contributed by atoms with E-state index < -0.39 is 41.4 Å². The molecule has 0 fully saturated rings. The summed E-state index contributed by atoms with van der Waals surface area (Å²) in [5, 5.41) is 16.8. The third-order valence-electron chi connectivity index (χ3n) is 4.61. The Morgan fingerprint density at radius 1 is 0.846 bits per heavy atom. The molecule has 3 amide bonds. The smallest absolute Gasteiger partial charge is 0.414 e. The van der Waals surface area contributed by atoms with Crippen LogP contribution in [0, 0.1) is 0 Å². The Morgan fingerprint density at radius 3 is 1.90 bits per heavy atom. The highest BCUT2D eigenvalue weighted by atomic mass is 16.6. The molecule has 0 aromatic heterocycles. The fourth-order valence-corrected chi connectivity index (χ4v) is 3.01. The first kappa shape index (κ1) is 33.4. The van der Waals surface area contributed by atoms with Gasteiger partial charge in [-0.05, 0) is 59.9 Å². The predicted molar refractivity (Wildman–Crippen MR) is 145 cm³/mol. The van der Waals surface area contributed by atoms with E-state index in [-0.39, 0.29) is 12.6 Å². The van der Waals surface area contributed by atoms with E-state index in [4.69, 9.17) is 14.2 Å². The van der Waals surface area contributed by atoms with Crippen LogP contribution in [0.2, 0.25) is 0 Å². The topological polar surface area (TPSA) is 165 Å². The summed E-state index contributed by atoms with van der Waals surface area (Å²) in [5.74, 6) is -2.13. The molecule has 0 spiro atoms. The number of alkyl carbamates (subject to hydrolysis) is 2. The van der Waals surface area contributed by atoms with E-state index in [0.717, 1.165) is 18.4 Å². The minimum absolute atomic E-state index is 0.0132. The lowest BCUT2D eigenvalue weighted by atomic mass is 10.2. The number of carboxylic acids is 1. The van der Waals surface area contributed by atoms with Gasteiger partial charge in [0.1, 0.15) is 11.2 Å². The van der Waals surface area contributed by atoms with E-state index in [1.165, 1.54) is 0 Å². The number of ether oxygens (including phenoxy) is 3. The molecule has 1 aromatic rings. The number of guanidine groups is 1. The number of hydrogen-bond donors (Lipinski definition) is 4. The highest BCUT2D eigenvalue weighted by molar-refractivity contribution is 6.01. The Hall–Kier alpha value is -3.67. The van der Waals surface area contributed by atoms with Gasteiger partial charge in [-0.2, -0.15) is 0 Å². The van der Waals surface area contributed by atoms with Crippen molar-refractivity contribution >= 4 is 30.0 Å². The lowest BCUT2D eigenvalue weighted by Gasteiger charge is -2.22. The molecule has 0 saturated carbocycles. The molecule has 0 saturated heterocycles. The van der Waals surface area contributed by atoms with Gasteiger partial charge in [-0.15, -0.1) is 0 Å². The van der Waals surface area contributed by atoms with E-state index in [1.807, 2.05) is 6.07 Å². The summed E-state index contributed by atoms with van der Waals surface area (Å²) in [7, 11) is 0. The van der Waals surface area contributed by atoms with Gasteiger partial charge in [-0.1, -0.05) is 43.2 Å². The van der Waals surface area contributed by atoms with E-state index in [1.54, 1.807) is 65.8 Å². The molecule has 0 radical (unpaired) electrons. The summed E-state index contributed by atoms with van der Waals surface area (Å²) in [6.45, 7) is 10.9. The summed E-state index contributed by atoms with van der Waals surface area (Å²) in [4.78, 5) is 52.1. The number of amides is 3. The Morgan fingerprint density at radius 2 is 1.38 bits per heavy atom. The number of carbonyl (C=O) groups excluding carboxylic acids is 3. The second kappa shape index (κ2) is 16.3. The molecule has 12 nitrogen and oxygen atoms in total. The SMILES string of the molecule is CC(C)(C)OC(=O)NC(=NCCCCCCNC(=O)C(OCc1ccccc1)C(=O)O)NC(=O)OC(C)(C)C. The van der Waals surface area contributed by atoms with Crippen molar-refractivity contribution in [1.82, 2.24) is 16.0 Å². The van der Waals surface area contributed by atoms with Crippen molar-refractivity contribution in [2.24, 2.45) is 4.99 Å². The van der Waals surface area contributed by atoms with E-state index in [0.29, 0.717) is 25.9 Å². The Labute approximate surface area is 229 Å². The first-order valence-corrected chi connectivity index (χ1v) is 12.9. The number of benzene rings is 1. The van der Waals surface area contributed by atoms with Crippen LogP contribution in [0.4, 0.5) is 9.59 Å². The fourth-order valence-electron chi connectivity index (χ4n) is 3.01. The average Bonchev–Trinajstić information content (AvgIpc) is 2.78. The number of hydrogen-bond acceptors (Lipinski definition) is 8. The van der Waals surface area contributed by atoms with Crippen molar-refractivity contribution in [3.63, 3.8) is 0 Å². The van der Waals surface area contributed by atoms with Crippen molar-refractivity contribution < 1.29 is 38.5 Å². The maximum Gasteiger partial charge on any atom is 0.414 e. The molecule has 0 aliphatic rings. The summed E-state index contributed by atoms with van der Waals surface area (Å²) in [6, 6.07) is 9.00. The number of nitrogens with one attached hydrogen (secondary N) is 3. The molecule has 4 N–H and O–H groups in total. The molecule has 0 bridgehead atoms. The monoisotopic (exact) mass is 550 g/mol. The van der Waals surface area contributed by atoms with Gasteiger partial charge < -0.3 is 24.6 Å². The zero-order chi connectivity index (χ0) is 29.5. The first-order chi connectivity index (χ1) is 18.2. The van der Waals surface area contributed by atoms with Gasteiger partial charge in [0, 0.05) is 13.1 Å². The molecule has 1 aromatic carbocycles. The van der Waals surface area contributed by atoms with Crippen LogP contribution in [0.5, 0.6) is 0 Å². The summed E-state index contributed by atoms with van der Waals surface area (Å²) in [6.07, 6.45) is -0.361. The Balaban J connectivity index is 2.44. The maximum atomic E-state index is 12.2. The van der Waals surface area contributed by atoms with Crippen LogP contribution >= 0.6 is 0 Å². The number of nitrogens with zero attached hydrogens (tertiary/aromatic N) is 1. The fraction of sp³-hybridized carbons (Fsp3) is 0.593. The van der Waals surface area contributed by atoms with Crippen LogP contribution in [-0.4, -0.2) is 65.5 Å². The molecule has 0 heterocycles. The van der Waals surface area contributed by atoms with Crippen molar-refractivity contribution in [2.45, 2.75) is 91.1 Å². The Bertz CT molecular complexity index is 936. The van der Waals surface area contributed by atoms with Gasteiger partial charge in [0.05, 0.1) is 6.61 Å². The van der Waals surface area contributed by atoms with Gasteiger partial charge in [0.15, 0.2) is 0 Å². The van der Waals surface area contributed by atoms with Crippen molar-refractivity contribution in [3.05, 3.63) is 35.9 Å². The number of aliphatic imine (C=N–C) groups is 1. The molecule has 218 valence electrons. The zero-order valence-electron chi connectivity index (χ0n) is 23.7. The predicted octanol–water partition coefficient (Wildman–Crippen LogP) is 3.74. The van der Waals surface area contributed by atoms with Crippen LogP contribution < -0.4 is 16.0 Å². The number of carboxylic acid groups (broad SMARTS) is 1. The van der Waals surface area contributed by atoms with Crippen molar-refractivity contribution in [2.75, 3.05) is 13.1 Å². The van der Waals surface area contributed by atoms with Gasteiger partial charge in [0.2, 0.25) is 12.1 Å². The van der Waals surface area contributed by atoms with Crippen LogP contribution in [0.25, 0.3) is 0 Å². The lowest BCUT2D eigenvalue weighted by Crippen LogP contribution is -2.47. The number of aliphatic carboxylic acids is 1. The quantitative estimate of drug-likeness (QED) is 0.132. The molecule has 1 atom stereocenters. The number of unbranched alkanes of at least 4 members (excludes halogenated alkanes) is 3. The molecule has 39 heavy (non-hydrogen) atoms. The van der Waals surface area contributed by atoms with Gasteiger partial charge in [-0.3, -0.25) is 20.4 Å². The van der Waals surface area contributed by atoms with Crippen LogP contribution in [-0.2, 0) is 30.4 Å². The largest absolute Gasteiger partial charge is 0.479 e.